The largest absolute Gasteiger partial charge is 0.586 e. The number of anilines is 1. The number of alkyl halides is 2. The van der Waals surface area contributed by atoms with Crippen LogP contribution in [0.2, 0.25) is 0 Å². The Bertz CT molecular complexity index is 906. The smallest absolute Gasteiger partial charge is 0.395 e. The van der Waals surface area contributed by atoms with Crippen LogP contribution in [-0.2, 0) is 14.6 Å². The Morgan fingerprint density at radius 3 is 2.62 bits per heavy atom. The number of nitrogens with one attached hydrogen (secondary N) is 1. The zero-order valence-corrected chi connectivity index (χ0v) is 15.6. The van der Waals surface area contributed by atoms with E-state index < -0.39 is 28.1 Å². The van der Waals surface area contributed by atoms with Gasteiger partial charge in [0.1, 0.15) is 9.84 Å². The third-order valence-electron chi connectivity index (χ3n) is 3.28. The van der Waals surface area contributed by atoms with Crippen LogP contribution >= 0.6 is 23.7 Å². The topological polar surface area (TPSA) is 121 Å². The number of hydrogen-bond acceptors (Lipinski definition) is 8. The van der Waals surface area contributed by atoms with Gasteiger partial charge < -0.3 is 20.5 Å². The van der Waals surface area contributed by atoms with Crippen LogP contribution in [0.1, 0.15) is 6.42 Å². The van der Waals surface area contributed by atoms with Crippen molar-refractivity contribution in [2.24, 2.45) is 5.73 Å². The van der Waals surface area contributed by atoms with Gasteiger partial charge in [-0.15, -0.1) is 21.2 Å². The third kappa shape index (κ3) is 4.69. The lowest BCUT2D eigenvalue weighted by atomic mass is 10.2. The Balaban J connectivity index is 0.00000243. The van der Waals surface area contributed by atoms with Crippen molar-refractivity contribution in [3.63, 3.8) is 0 Å². The first kappa shape index (κ1) is 20.6. The molecule has 144 valence electrons. The third-order valence-corrected chi connectivity index (χ3v) is 5.19. The lowest BCUT2D eigenvalue weighted by molar-refractivity contribution is -0.286. The maximum absolute atomic E-state index is 13.0. The van der Waals surface area contributed by atoms with Crippen LogP contribution in [-0.4, -0.2) is 43.7 Å². The molecule has 1 unspecified atom stereocenters. The van der Waals surface area contributed by atoms with E-state index in [0.717, 1.165) is 17.6 Å². The van der Waals surface area contributed by atoms with E-state index in [1.165, 1.54) is 12.1 Å². The Labute approximate surface area is 157 Å². The molecule has 2 heterocycles. The number of carbonyl (C=O) groups excluding carboxylic acids is 1. The fraction of sp³-hybridized carbons (Fsp3) is 0.385. The first-order valence-corrected chi connectivity index (χ1v) is 9.85. The molecular weight excluding hydrogens is 416 g/mol. The predicted molar refractivity (Wildman–Crippen MR) is 94.0 cm³/mol. The molecule has 3 N–H and O–H groups in total. The SMILES string of the molecule is CS(=O)(=O)CCC(N)C(=O)Nc1nc2cc3c(cc2s1)OC(F)(F)O3.Cl. The normalized spacial score (nSPS) is 16.2. The van der Waals surface area contributed by atoms with Gasteiger partial charge in [0.15, 0.2) is 16.6 Å². The summed E-state index contributed by atoms with van der Waals surface area (Å²) in [6.45, 7) is 0. The summed E-state index contributed by atoms with van der Waals surface area (Å²) < 4.78 is 57.4. The molecule has 1 atom stereocenters. The number of carbonyl (C=O) groups is 1. The number of hydrogen-bond donors (Lipinski definition) is 2. The number of fused-ring (bicyclic) bond motifs is 2. The molecule has 2 aromatic rings. The molecule has 1 aliphatic heterocycles. The van der Waals surface area contributed by atoms with Crippen LogP contribution in [0.3, 0.4) is 0 Å². The second kappa shape index (κ2) is 7.10. The van der Waals surface area contributed by atoms with Gasteiger partial charge in [-0.2, -0.15) is 0 Å². The van der Waals surface area contributed by atoms with Gasteiger partial charge >= 0.3 is 6.29 Å². The molecule has 13 heteroatoms. The average Bonchev–Trinajstić information content (AvgIpc) is 2.97. The number of thiazole rings is 1. The molecule has 0 saturated heterocycles. The predicted octanol–water partition coefficient (Wildman–Crippen LogP) is 1.74. The standard InChI is InChI=1S/C13H13F2N3O5S2.ClH/c1-25(20,21)3-2-6(16)11(19)18-12-17-7-4-8-9(5-10(7)24-12)23-13(14,15)22-8;/h4-6H,2-3,16H2,1H3,(H,17,18,19);1H. The fourth-order valence-electron chi connectivity index (χ4n) is 2.10. The average molecular weight is 430 g/mol. The van der Waals surface area contributed by atoms with Crippen LogP contribution in [0.25, 0.3) is 10.2 Å². The monoisotopic (exact) mass is 429 g/mol. The molecule has 1 aliphatic rings. The van der Waals surface area contributed by atoms with E-state index in [1.807, 2.05) is 0 Å². The van der Waals surface area contributed by atoms with Crippen LogP contribution in [0.15, 0.2) is 12.1 Å². The number of nitrogens with zero attached hydrogens (tertiary/aromatic N) is 1. The van der Waals surface area contributed by atoms with Gasteiger partial charge in [-0.3, -0.25) is 4.79 Å². The van der Waals surface area contributed by atoms with Crippen molar-refractivity contribution < 1.29 is 31.5 Å². The second-order valence-corrected chi connectivity index (χ2v) is 8.76. The van der Waals surface area contributed by atoms with Crippen molar-refractivity contribution in [2.45, 2.75) is 18.8 Å². The van der Waals surface area contributed by atoms with Crippen LogP contribution in [0, 0.1) is 0 Å². The molecule has 0 aliphatic carbocycles. The molecular formula is C13H14ClF2N3O5S2. The number of benzene rings is 1. The molecule has 3 rings (SSSR count). The summed E-state index contributed by atoms with van der Waals surface area (Å²) in [4.78, 5) is 16.1. The minimum Gasteiger partial charge on any atom is -0.395 e. The number of aromatic nitrogens is 1. The molecule has 1 aromatic heterocycles. The summed E-state index contributed by atoms with van der Waals surface area (Å²) in [5, 5.41) is 2.68. The number of nitrogens with two attached hydrogens (primary N) is 1. The molecule has 1 amide bonds. The Morgan fingerprint density at radius 2 is 2.00 bits per heavy atom. The molecule has 8 nitrogen and oxygen atoms in total. The first-order chi connectivity index (χ1) is 11.5. The van der Waals surface area contributed by atoms with Crippen LogP contribution in [0.5, 0.6) is 11.5 Å². The van der Waals surface area contributed by atoms with Gasteiger partial charge in [-0.1, -0.05) is 11.3 Å². The van der Waals surface area contributed by atoms with Gasteiger partial charge in [0.2, 0.25) is 5.91 Å². The minimum absolute atomic E-state index is 0. The highest BCUT2D eigenvalue weighted by atomic mass is 35.5. The van der Waals surface area contributed by atoms with E-state index in [-0.39, 0.29) is 41.2 Å². The van der Waals surface area contributed by atoms with Crippen molar-refractivity contribution in [1.29, 1.82) is 0 Å². The highest BCUT2D eigenvalue weighted by Gasteiger charge is 2.43. The Kier molecular flexibility index (Phi) is 5.61. The van der Waals surface area contributed by atoms with E-state index in [4.69, 9.17) is 5.73 Å². The van der Waals surface area contributed by atoms with E-state index in [0.29, 0.717) is 10.2 Å². The fourth-order valence-corrected chi connectivity index (χ4v) is 3.66. The van der Waals surface area contributed by atoms with E-state index in [9.17, 15) is 22.0 Å². The van der Waals surface area contributed by atoms with Crippen molar-refractivity contribution in [3.8, 4) is 11.5 Å². The molecule has 0 spiro atoms. The minimum atomic E-state index is -3.71. The molecule has 1 aromatic carbocycles. The van der Waals surface area contributed by atoms with Crippen molar-refractivity contribution in [2.75, 3.05) is 17.3 Å². The number of rotatable bonds is 5. The van der Waals surface area contributed by atoms with Crippen LogP contribution in [0.4, 0.5) is 13.9 Å². The molecule has 0 radical (unpaired) electrons. The zero-order valence-electron chi connectivity index (χ0n) is 13.2. The first-order valence-electron chi connectivity index (χ1n) is 6.97. The van der Waals surface area contributed by atoms with Gasteiger partial charge in [0, 0.05) is 18.4 Å². The van der Waals surface area contributed by atoms with E-state index >= 15 is 0 Å². The van der Waals surface area contributed by atoms with E-state index in [2.05, 4.69) is 19.8 Å². The molecule has 0 saturated carbocycles. The van der Waals surface area contributed by atoms with Gasteiger partial charge in [0.25, 0.3) is 0 Å². The summed E-state index contributed by atoms with van der Waals surface area (Å²) in [6, 6.07) is 1.60. The van der Waals surface area contributed by atoms with Crippen molar-refractivity contribution in [3.05, 3.63) is 12.1 Å². The second-order valence-electron chi connectivity index (χ2n) is 5.47. The number of halogens is 3. The molecule has 26 heavy (non-hydrogen) atoms. The lowest BCUT2D eigenvalue weighted by Crippen LogP contribution is -2.37. The highest BCUT2D eigenvalue weighted by Crippen LogP contribution is 2.44. The number of sulfone groups is 1. The summed E-state index contributed by atoms with van der Waals surface area (Å²) in [7, 11) is -3.22. The lowest BCUT2D eigenvalue weighted by Gasteiger charge is -2.09. The maximum Gasteiger partial charge on any atom is 0.586 e. The van der Waals surface area contributed by atoms with Crippen LogP contribution < -0.4 is 20.5 Å². The Morgan fingerprint density at radius 1 is 1.38 bits per heavy atom. The van der Waals surface area contributed by atoms with Crippen molar-refractivity contribution >= 4 is 54.8 Å². The summed E-state index contributed by atoms with van der Waals surface area (Å²) >= 11 is 1.04. The zero-order chi connectivity index (χ0) is 18.4. The quantitative estimate of drug-likeness (QED) is 0.742. The van der Waals surface area contributed by atoms with Gasteiger partial charge in [-0.25, -0.2) is 13.4 Å². The Hall–Kier alpha value is -1.76. The summed E-state index contributed by atoms with van der Waals surface area (Å²) in [5.41, 5.74) is 5.99. The van der Waals surface area contributed by atoms with Crippen molar-refractivity contribution in [1.82, 2.24) is 4.98 Å². The van der Waals surface area contributed by atoms with E-state index in [1.54, 1.807) is 0 Å². The molecule has 0 fully saturated rings. The summed E-state index contributed by atoms with van der Waals surface area (Å²) in [5.74, 6) is -1.07. The highest BCUT2D eigenvalue weighted by molar-refractivity contribution is 7.90. The number of amides is 1. The van der Waals surface area contributed by atoms with Gasteiger partial charge in [0.05, 0.1) is 22.0 Å². The van der Waals surface area contributed by atoms with Gasteiger partial charge in [-0.05, 0) is 6.42 Å². The molecule has 0 bridgehead atoms. The maximum atomic E-state index is 13.0. The number of ether oxygens (including phenoxy) is 2. The summed E-state index contributed by atoms with van der Waals surface area (Å²) in [6.07, 6.45) is -2.69.